The Kier molecular flexibility index (Phi) is 4.98. The summed E-state index contributed by atoms with van der Waals surface area (Å²) < 4.78 is 0. The molecule has 0 aliphatic carbocycles. The Morgan fingerprint density at radius 2 is 2.33 bits per heavy atom. The minimum absolute atomic E-state index is 0.906. The Bertz CT molecular complexity index is 103. The number of nitrogens with one attached hydrogen (secondary N) is 1. The monoisotopic (exact) mass is 125 g/mol. The summed E-state index contributed by atoms with van der Waals surface area (Å²) in [6.07, 6.45) is 5.11. The third kappa shape index (κ3) is 5.15. The first kappa shape index (κ1) is 8.28. The maximum Gasteiger partial charge on any atom is 0.0327 e. The van der Waals surface area contributed by atoms with E-state index in [4.69, 9.17) is 0 Å². The van der Waals surface area contributed by atoms with Crippen LogP contribution in [0.15, 0.2) is 24.4 Å². The summed E-state index contributed by atoms with van der Waals surface area (Å²) in [6.45, 7) is 8.80. The van der Waals surface area contributed by atoms with Crippen LogP contribution in [0.4, 0.5) is 0 Å². The fourth-order valence-corrected chi connectivity index (χ4v) is 0.446. The lowest BCUT2D eigenvalue weighted by atomic mass is 10.4. The standard InChI is InChI=1S/C8H15N/c1-4-6-7-9-8(3)5-2/h4,6,9H,3,5,7H2,1-2H3/b6-4-. The van der Waals surface area contributed by atoms with Crippen molar-refractivity contribution < 1.29 is 0 Å². The first-order valence-electron chi connectivity index (χ1n) is 3.34. The third-order valence-electron chi connectivity index (χ3n) is 1.13. The molecule has 52 valence electrons. The van der Waals surface area contributed by atoms with E-state index in [2.05, 4.69) is 24.9 Å². The van der Waals surface area contributed by atoms with Crippen LogP contribution in [-0.2, 0) is 0 Å². The highest BCUT2D eigenvalue weighted by Crippen LogP contribution is 1.88. The van der Waals surface area contributed by atoms with Gasteiger partial charge in [0.25, 0.3) is 0 Å². The van der Waals surface area contributed by atoms with Gasteiger partial charge < -0.3 is 5.32 Å². The molecule has 0 rings (SSSR count). The largest absolute Gasteiger partial charge is 0.385 e. The van der Waals surface area contributed by atoms with Crippen molar-refractivity contribution in [2.45, 2.75) is 20.3 Å². The van der Waals surface area contributed by atoms with Gasteiger partial charge in [-0.2, -0.15) is 0 Å². The molecule has 0 unspecified atom stereocenters. The highest BCUT2D eigenvalue weighted by Gasteiger charge is 1.81. The fraction of sp³-hybridized carbons (Fsp3) is 0.500. The van der Waals surface area contributed by atoms with Crippen molar-refractivity contribution in [3.8, 4) is 0 Å². The molecule has 0 aromatic rings. The van der Waals surface area contributed by atoms with E-state index in [1.54, 1.807) is 0 Å². The molecule has 0 amide bonds. The lowest BCUT2D eigenvalue weighted by molar-refractivity contribution is 0.849. The molecule has 1 N–H and O–H groups in total. The average molecular weight is 125 g/mol. The maximum absolute atomic E-state index is 3.80. The first-order valence-corrected chi connectivity index (χ1v) is 3.34. The van der Waals surface area contributed by atoms with Gasteiger partial charge in [0.2, 0.25) is 0 Å². The lowest BCUT2D eigenvalue weighted by Crippen LogP contribution is -2.10. The zero-order valence-corrected chi connectivity index (χ0v) is 6.28. The van der Waals surface area contributed by atoms with Crippen LogP contribution in [0, 0.1) is 0 Å². The fourth-order valence-electron chi connectivity index (χ4n) is 0.446. The molecule has 0 bridgehead atoms. The average Bonchev–Trinajstić information content (AvgIpc) is 1.89. The second-order valence-electron chi connectivity index (χ2n) is 1.91. The van der Waals surface area contributed by atoms with Gasteiger partial charge in [-0.25, -0.2) is 0 Å². The van der Waals surface area contributed by atoms with E-state index in [1.807, 2.05) is 13.0 Å². The molecular weight excluding hydrogens is 110 g/mol. The predicted octanol–water partition coefficient (Wildman–Crippen LogP) is 2.08. The molecule has 0 aliphatic rings. The molecule has 0 aromatic heterocycles. The summed E-state index contributed by atoms with van der Waals surface area (Å²) in [5.74, 6) is 0. The van der Waals surface area contributed by atoms with Crippen LogP contribution in [0.3, 0.4) is 0 Å². The second kappa shape index (κ2) is 5.42. The first-order chi connectivity index (χ1) is 4.31. The van der Waals surface area contributed by atoms with Crippen LogP contribution < -0.4 is 5.32 Å². The lowest BCUT2D eigenvalue weighted by Gasteiger charge is -2.01. The van der Waals surface area contributed by atoms with E-state index >= 15 is 0 Å². The van der Waals surface area contributed by atoms with Gasteiger partial charge in [0.1, 0.15) is 0 Å². The van der Waals surface area contributed by atoms with Crippen LogP contribution in [-0.4, -0.2) is 6.54 Å². The molecule has 0 spiro atoms. The van der Waals surface area contributed by atoms with E-state index in [1.165, 1.54) is 0 Å². The number of hydrogen-bond donors (Lipinski definition) is 1. The van der Waals surface area contributed by atoms with E-state index in [0.717, 1.165) is 18.7 Å². The Balaban J connectivity index is 3.17. The summed E-state index contributed by atoms with van der Waals surface area (Å²) >= 11 is 0. The number of hydrogen-bond acceptors (Lipinski definition) is 1. The molecule has 0 saturated heterocycles. The highest BCUT2D eigenvalue weighted by atomic mass is 14.9. The van der Waals surface area contributed by atoms with Crippen LogP contribution in [0.2, 0.25) is 0 Å². The maximum atomic E-state index is 3.80. The third-order valence-corrected chi connectivity index (χ3v) is 1.13. The van der Waals surface area contributed by atoms with Gasteiger partial charge in [-0.3, -0.25) is 0 Å². The Morgan fingerprint density at radius 3 is 2.78 bits per heavy atom. The molecular formula is C8H15N. The van der Waals surface area contributed by atoms with Gasteiger partial charge in [-0.15, -0.1) is 0 Å². The molecule has 0 saturated carbocycles. The van der Waals surface area contributed by atoms with E-state index in [9.17, 15) is 0 Å². The zero-order chi connectivity index (χ0) is 7.11. The molecule has 1 heteroatoms. The van der Waals surface area contributed by atoms with Gasteiger partial charge in [0.15, 0.2) is 0 Å². The number of rotatable bonds is 4. The van der Waals surface area contributed by atoms with Gasteiger partial charge in [0.05, 0.1) is 0 Å². The molecule has 9 heavy (non-hydrogen) atoms. The zero-order valence-electron chi connectivity index (χ0n) is 6.28. The summed E-state index contributed by atoms with van der Waals surface area (Å²) in [4.78, 5) is 0. The molecule has 0 aromatic carbocycles. The summed E-state index contributed by atoms with van der Waals surface area (Å²) in [6, 6.07) is 0. The van der Waals surface area contributed by atoms with Crippen LogP contribution >= 0.6 is 0 Å². The molecule has 0 radical (unpaired) electrons. The summed E-state index contributed by atoms with van der Waals surface area (Å²) in [5, 5.41) is 3.15. The molecule has 0 atom stereocenters. The second-order valence-corrected chi connectivity index (χ2v) is 1.91. The quantitative estimate of drug-likeness (QED) is 0.567. The normalized spacial score (nSPS) is 10.0. The summed E-state index contributed by atoms with van der Waals surface area (Å²) in [7, 11) is 0. The Labute approximate surface area is 57.5 Å². The van der Waals surface area contributed by atoms with Crippen LogP contribution in [0.1, 0.15) is 20.3 Å². The van der Waals surface area contributed by atoms with Crippen molar-refractivity contribution in [2.75, 3.05) is 6.54 Å². The minimum Gasteiger partial charge on any atom is -0.385 e. The van der Waals surface area contributed by atoms with Crippen molar-refractivity contribution in [1.29, 1.82) is 0 Å². The number of allylic oxidation sites excluding steroid dienone is 2. The molecule has 0 heterocycles. The van der Waals surface area contributed by atoms with Gasteiger partial charge in [0, 0.05) is 12.2 Å². The Morgan fingerprint density at radius 1 is 1.67 bits per heavy atom. The van der Waals surface area contributed by atoms with Crippen LogP contribution in [0.5, 0.6) is 0 Å². The predicted molar refractivity (Wildman–Crippen MR) is 42.2 cm³/mol. The van der Waals surface area contributed by atoms with E-state index < -0.39 is 0 Å². The van der Waals surface area contributed by atoms with Crippen molar-refractivity contribution in [2.24, 2.45) is 0 Å². The molecule has 1 nitrogen and oxygen atoms in total. The smallest absolute Gasteiger partial charge is 0.0327 e. The van der Waals surface area contributed by atoms with Crippen molar-refractivity contribution in [3.63, 3.8) is 0 Å². The highest BCUT2D eigenvalue weighted by molar-refractivity contribution is 4.93. The van der Waals surface area contributed by atoms with Gasteiger partial charge in [-0.1, -0.05) is 25.7 Å². The summed E-state index contributed by atoms with van der Waals surface area (Å²) in [5.41, 5.74) is 1.10. The van der Waals surface area contributed by atoms with Crippen molar-refractivity contribution in [1.82, 2.24) is 5.32 Å². The van der Waals surface area contributed by atoms with E-state index in [-0.39, 0.29) is 0 Å². The van der Waals surface area contributed by atoms with Crippen molar-refractivity contribution >= 4 is 0 Å². The van der Waals surface area contributed by atoms with E-state index in [0.29, 0.717) is 0 Å². The topological polar surface area (TPSA) is 12.0 Å². The molecule has 0 aliphatic heterocycles. The SMILES string of the molecule is C=C(CC)NC/C=C\C. The van der Waals surface area contributed by atoms with Crippen LogP contribution in [0.25, 0.3) is 0 Å². The minimum atomic E-state index is 0.906. The van der Waals surface area contributed by atoms with Gasteiger partial charge in [-0.05, 0) is 13.3 Å². The van der Waals surface area contributed by atoms with Crippen molar-refractivity contribution in [3.05, 3.63) is 24.4 Å². The Hall–Kier alpha value is -0.720. The molecule has 0 fully saturated rings. The van der Waals surface area contributed by atoms with Gasteiger partial charge >= 0.3 is 0 Å².